The van der Waals surface area contributed by atoms with Crippen molar-refractivity contribution < 1.29 is 0 Å². The molecule has 2 heterocycles. The van der Waals surface area contributed by atoms with E-state index in [1.54, 1.807) is 0 Å². The fourth-order valence-corrected chi connectivity index (χ4v) is 11.1. The van der Waals surface area contributed by atoms with Gasteiger partial charge < -0.3 is 0 Å². The van der Waals surface area contributed by atoms with Crippen molar-refractivity contribution in [3.8, 4) is 33.4 Å². The van der Waals surface area contributed by atoms with Crippen LogP contribution in [0.3, 0.4) is 0 Å². The number of hydrogen-bond donors (Lipinski definition) is 0. The largest absolute Gasteiger partial charge is 0.264 e. The maximum Gasteiger partial charge on any atom is 0.0346 e. The molecule has 0 N–H and O–H groups in total. The number of thioether (sulfide) groups is 1. The van der Waals surface area contributed by atoms with Crippen LogP contribution in [-0.4, -0.2) is 4.98 Å². The second-order valence-corrected chi connectivity index (χ2v) is 16.0. The lowest BCUT2D eigenvalue weighted by atomic mass is 9.73. The SMILES string of the molecule is CC1C(c2c3c(c(-c4cccnc4)c4ccccc24)C=CC=CC3)=CC=C2Sc3c(-c4c5ccccc5c(-c5ccccc5)c5ccccc45)cccc3C21. The zero-order chi connectivity index (χ0) is 36.5. The number of hydrogen-bond acceptors (Lipinski definition) is 2. The summed E-state index contributed by atoms with van der Waals surface area (Å²) in [7, 11) is 0. The minimum atomic E-state index is 0.283. The van der Waals surface area contributed by atoms with Crippen LogP contribution in [0.2, 0.25) is 0 Å². The molecule has 260 valence electrons. The third-order valence-corrected chi connectivity index (χ3v) is 13.3. The molecule has 3 aliphatic rings. The van der Waals surface area contributed by atoms with Crippen molar-refractivity contribution in [3.05, 3.63) is 203 Å². The molecule has 0 spiro atoms. The van der Waals surface area contributed by atoms with E-state index in [2.05, 4.69) is 176 Å². The van der Waals surface area contributed by atoms with Crippen LogP contribution in [0.1, 0.15) is 35.1 Å². The molecule has 0 saturated carbocycles. The Hall–Kier alpha value is -6.22. The number of pyridine rings is 1. The molecule has 8 aromatic rings. The van der Waals surface area contributed by atoms with Gasteiger partial charge in [0.1, 0.15) is 0 Å². The highest BCUT2D eigenvalue weighted by molar-refractivity contribution is 8.03. The van der Waals surface area contributed by atoms with Crippen molar-refractivity contribution in [1.29, 1.82) is 0 Å². The highest BCUT2D eigenvalue weighted by Crippen LogP contribution is 2.60. The van der Waals surface area contributed by atoms with Crippen LogP contribution in [0.5, 0.6) is 0 Å². The van der Waals surface area contributed by atoms with Gasteiger partial charge in [0.05, 0.1) is 0 Å². The smallest absolute Gasteiger partial charge is 0.0346 e. The summed E-state index contributed by atoms with van der Waals surface area (Å²) in [5.41, 5.74) is 14.6. The van der Waals surface area contributed by atoms with Gasteiger partial charge in [-0.1, -0.05) is 183 Å². The predicted octanol–water partition coefficient (Wildman–Crippen LogP) is 14.5. The number of allylic oxidation sites excluding steroid dienone is 7. The fourth-order valence-electron chi connectivity index (χ4n) is 9.72. The first-order valence-electron chi connectivity index (χ1n) is 19.3. The number of fused-ring (bicyclic) bond motifs is 7. The van der Waals surface area contributed by atoms with Gasteiger partial charge in [0.15, 0.2) is 0 Å². The Morgan fingerprint density at radius 1 is 0.564 bits per heavy atom. The van der Waals surface area contributed by atoms with Crippen LogP contribution in [0.25, 0.3) is 77.3 Å². The van der Waals surface area contributed by atoms with E-state index in [4.69, 9.17) is 0 Å². The van der Waals surface area contributed by atoms with E-state index in [1.165, 1.54) is 97.8 Å². The first kappa shape index (κ1) is 32.2. The molecule has 1 aliphatic heterocycles. The highest BCUT2D eigenvalue weighted by atomic mass is 32.2. The molecule has 2 heteroatoms. The van der Waals surface area contributed by atoms with Gasteiger partial charge >= 0.3 is 0 Å². The Morgan fingerprint density at radius 3 is 1.89 bits per heavy atom. The molecule has 2 unspecified atom stereocenters. The molecule has 0 radical (unpaired) electrons. The summed E-state index contributed by atoms with van der Waals surface area (Å²) in [5.74, 6) is 0.566. The van der Waals surface area contributed by atoms with Crippen LogP contribution in [0.15, 0.2) is 186 Å². The lowest BCUT2D eigenvalue weighted by Gasteiger charge is -2.31. The maximum absolute atomic E-state index is 4.54. The summed E-state index contributed by atoms with van der Waals surface area (Å²) in [6.45, 7) is 2.46. The zero-order valence-electron chi connectivity index (χ0n) is 30.5. The molecule has 1 nitrogen and oxygen atoms in total. The Kier molecular flexibility index (Phi) is 7.60. The van der Waals surface area contributed by atoms with Crippen LogP contribution < -0.4 is 0 Å². The van der Waals surface area contributed by atoms with E-state index < -0.39 is 0 Å². The predicted molar refractivity (Wildman–Crippen MR) is 235 cm³/mol. The molecule has 2 atom stereocenters. The van der Waals surface area contributed by atoms with Crippen LogP contribution >= 0.6 is 11.8 Å². The molecular formula is C53H37NS. The molecule has 0 bridgehead atoms. The quantitative estimate of drug-likeness (QED) is 0.168. The molecule has 11 rings (SSSR count). The Labute approximate surface area is 326 Å². The summed E-state index contributed by atoms with van der Waals surface area (Å²) < 4.78 is 0. The standard InChI is InChI=1S/C53H37NS/c1-33-36(51-41-20-7-3-6-19-39(41)50(35-18-15-31-54-32-35)40-23-10-11-24-42(40)51)29-30-47-48(33)45-27-14-28-46(53(45)55-47)52-43-25-12-8-21-37(43)49(34-16-4-2-5-17-34)38-22-9-13-26-44(38)52/h2-19,21-33,48H,20H2,1H3. The Balaban J connectivity index is 1.10. The van der Waals surface area contributed by atoms with E-state index in [0.717, 1.165) is 12.0 Å². The van der Waals surface area contributed by atoms with Crippen molar-refractivity contribution in [2.75, 3.05) is 0 Å². The zero-order valence-corrected chi connectivity index (χ0v) is 31.4. The first-order chi connectivity index (χ1) is 27.3. The van der Waals surface area contributed by atoms with E-state index >= 15 is 0 Å². The minimum absolute atomic E-state index is 0.283. The van der Waals surface area contributed by atoms with Crippen LogP contribution in [0, 0.1) is 5.92 Å². The van der Waals surface area contributed by atoms with Crippen LogP contribution in [0.4, 0.5) is 0 Å². The van der Waals surface area contributed by atoms with Crippen molar-refractivity contribution in [3.63, 3.8) is 0 Å². The second-order valence-electron chi connectivity index (χ2n) is 14.9. The Morgan fingerprint density at radius 2 is 1.20 bits per heavy atom. The van der Waals surface area contributed by atoms with Gasteiger partial charge in [0.25, 0.3) is 0 Å². The van der Waals surface area contributed by atoms with Crippen molar-refractivity contribution in [1.82, 2.24) is 4.98 Å². The van der Waals surface area contributed by atoms with E-state index in [-0.39, 0.29) is 11.8 Å². The normalized spacial score (nSPS) is 17.1. The lowest BCUT2D eigenvalue weighted by molar-refractivity contribution is 0.645. The van der Waals surface area contributed by atoms with Crippen LogP contribution in [-0.2, 0) is 6.42 Å². The summed E-state index contributed by atoms with van der Waals surface area (Å²) in [6.07, 6.45) is 18.7. The number of nitrogens with zero attached hydrogens (tertiary/aromatic N) is 1. The first-order valence-corrected chi connectivity index (χ1v) is 20.1. The Bertz CT molecular complexity index is 2930. The van der Waals surface area contributed by atoms with Crippen molar-refractivity contribution in [2.24, 2.45) is 5.92 Å². The van der Waals surface area contributed by atoms with Gasteiger partial charge in [-0.05, 0) is 111 Å². The second kappa shape index (κ2) is 13.0. The van der Waals surface area contributed by atoms with Gasteiger partial charge in [-0.15, -0.1) is 0 Å². The summed E-state index contributed by atoms with van der Waals surface area (Å²) >= 11 is 1.98. The number of aromatic nitrogens is 1. The molecule has 2 aliphatic carbocycles. The molecule has 55 heavy (non-hydrogen) atoms. The molecule has 7 aromatic carbocycles. The average molecular weight is 720 g/mol. The van der Waals surface area contributed by atoms with Gasteiger partial charge in [0, 0.05) is 28.8 Å². The van der Waals surface area contributed by atoms with Gasteiger partial charge in [-0.3, -0.25) is 4.98 Å². The van der Waals surface area contributed by atoms with E-state index in [0.29, 0.717) is 0 Å². The molecule has 0 amide bonds. The molecule has 0 fully saturated rings. The number of rotatable bonds is 4. The number of benzene rings is 7. The maximum atomic E-state index is 4.54. The molecule has 1 aromatic heterocycles. The third-order valence-electron chi connectivity index (χ3n) is 12.0. The van der Waals surface area contributed by atoms with Gasteiger partial charge in [0.2, 0.25) is 0 Å². The monoisotopic (exact) mass is 719 g/mol. The summed E-state index contributed by atoms with van der Waals surface area (Å²) in [5, 5.41) is 7.78. The molecular weight excluding hydrogens is 683 g/mol. The van der Waals surface area contributed by atoms with E-state index in [1.807, 2.05) is 30.2 Å². The summed E-state index contributed by atoms with van der Waals surface area (Å²) in [4.78, 5) is 7.37. The fraction of sp³-hybridized carbons (Fsp3) is 0.0755. The van der Waals surface area contributed by atoms with Gasteiger partial charge in [-0.2, -0.15) is 0 Å². The lowest BCUT2D eigenvalue weighted by Crippen LogP contribution is -2.15. The minimum Gasteiger partial charge on any atom is -0.264 e. The molecule has 0 saturated heterocycles. The summed E-state index contributed by atoms with van der Waals surface area (Å²) in [6, 6.07) is 49.2. The van der Waals surface area contributed by atoms with E-state index in [9.17, 15) is 0 Å². The topological polar surface area (TPSA) is 12.9 Å². The average Bonchev–Trinajstić information content (AvgIpc) is 3.47. The van der Waals surface area contributed by atoms with Crippen molar-refractivity contribution in [2.45, 2.75) is 24.2 Å². The van der Waals surface area contributed by atoms with Crippen molar-refractivity contribution >= 4 is 55.7 Å². The third kappa shape index (κ3) is 4.98. The highest BCUT2D eigenvalue weighted by Gasteiger charge is 2.39. The van der Waals surface area contributed by atoms with Gasteiger partial charge in [-0.25, -0.2) is 0 Å².